The molecular formula is C26H32ClN3O3. The number of benzene rings is 1. The topological polar surface area (TPSA) is 79.8 Å². The number of carbonyl (C=O) groups is 2. The Balaban J connectivity index is 1.30. The van der Waals surface area contributed by atoms with Crippen LogP contribution in [0.3, 0.4) is 0 Å². The smallest absolute Gasteiger partial charge is 0.257 e. The number of primary amides is 1. The first-order chi connectivity index (χ1) is 15.8. The minimum Gasteiger partial charge on any atom is -0.465 e. The molecule has 0 bridgehead atoms. The van der Waals surface area contributed by atoms with Gasteiger partial charge in [-0.05, 0) is 62.1 Å². The number of furan rings is 1. The Morgan fingerprint density at radius 1 is 1.12 bits per heavy atom. The highest BCUT2D eigenvalue weighted by atomic mass is 35.5. The zero-order chi connectivity index (χ0) is 23.3. The Hall–Kier alpha value is -2.31. The van der Waals surface area contributed by atoms with Crippen molar-refractivity contribution >= 4 is 23.4 Å². The van der Waals surface area contributed by atoms with Gasteiger partial charge in [0.05, 0.1) is 5.56 Å². The lowest BCUT2D eigenvalue weighted by Gasteiger charge is -2.29. The highest BCUT2D eigenvalue weighted by Gasteiger charge is 2.44. The van der Waals surface area contributed by atoms with Crippen LogP contribution < -0.4 is 5.73 Å². The number of nitrogens with zero attached hydrogens (tertiary/aromatic N) is 2. The van der Waals surface area contributed by atoms with Gasteiger partial charge >= 0.3 is 0 Å². The fraction of sp³-hybridized carbons (Fsp3) is 0.538. The van der Waals surface area contributed by atoms with Crippen LogP contribution in [0.1, 0.15) is 63.9 Å². The summed E-state index contributed by atoms with van der Waals surface area (Å²) < 4.78 is 5.95. The third-order valence-electron chi connectivity index (χ3n) is 7.78. The van der Waals surface area contributed by atoms with Crippen LogP contribution in [0.25, 0.3) is 0 Å². The van der Waals surface area contributed by atoms with E-state index in [1.54, 1.807) is 0 Å². The summed E-state index contributed by atoms with van der Waals surface area (Å²) in [5.74, 6) is 2.38. The Morgan fingerprint density at radius 3 is 2.48 bits per heavy atom. The summed E-state index contributed by atoms with van der Waals surface area (Å²) in [6.07, 6.45) is 4.40. The van der Waals surface area contributed by atoms with Crippen LogP contribution in [0, 0.1) is 25.7 Å². The van der Waals surface area contributed by atoms with Crippen LogP contribution in [0.15, 0.2) is 22.6 Å². The molecule has 6 nitrogen and oxygen atoms in total. The van der Waals surface area contributed by atoms with Crippen molar-refractivity contribution in [2.24, 2.45) is 17.6 Å². The Kier molecular flexibility index (Phi) is 6.00. The van der Waals surface area contributed by atoms with Gasteiger partial charge in [0, 0.05) is 55.6 Å². The maximum absolute atomic E-state index is 13.5. The first kappa shape index (κ1) is 22.5. The van der Waals surface area contributed by atoms with E-state index in [-0.39, 0.29) is 24.3 Å². The number of likely N-dealkylation sites (tertiary alicyclic amines) is 2. The molecule has 3 aliphatic rings. The molecule has 0 saturated carbocycles. The highest BCUT2D eigenvalue weighted by molar-refractivity contribution is 6.31. The molecule has 2 aromatic rings. The van der Waals surface area contributed by atoms with Crippen molar-refractivity contribution in [3.05, 3.63) is 57.0 Å². The van der Waals surface area contributed by atoms with Crippen molar-refractivity contribution in [3.63, 3.8) is 0 Å². The van der Waals surface area contributed by atoms with Gasteiger partial charge in [-0.25, -0.2) is 0 Å². The molecule has 1 aromatic heterocycles. The van der Waals surface area contributed by atoms with Crippen LogP contribution in [-0.2, 0) is 17.6 Å². The first-order valence-corrected chi connectivity index (χ1v) is 12.4. The molecule has 3 heterocycles. The number of amides is 2. The van der Waals surface area contributed by atoms with E-state index in [0.29, 0.717) is 16.9 Å². The number of rotatable bonds is 5. The second-order valence-corrected chi connectivity index (χ2v) is 10.4. The van der Waals surface area contributed by atoms with Gasteiger partial charge in [-0.2, -0.15) is 0 Å². The molecule has 1 aliphatic carbocycles. The molecular weight excluding hydrogens is 438 g/mol. The number of halogens is 1. The van der Waals surface area contributed by atoms with Gasteiger partial charge in [-0.3, -0.25) is 14.5 Å². The van der Waals surface area contributed by atoms with E-state index < -0.39 is 0 Å². The number of nitrogens with two attached hydrogens (primary N) is 1. The molecule has 2 N–H and O–H groups in total. The maximum atomic E-state index is 13.5. The van der Waals surface area contributed by atoms with Gasteiger partial charge in [-0.1, -0.05) is 23.7 Å². The largest absolute Gasteiger partial charge is 0.465 e. The van der Waals surface area contributed by atoms with Crippen LogP contribution in [0.2, 0.25) is 5.02 Å². The number of aryl methyl sites for hydroxylation is 3. The number of fused-ring (bicyclic) bond motifs is 2. The minimum atomic E-state index is -0.314. The fourth-order valence-electron chi connectivity index (χ4n) is 6.06. The van der Waals surface area contributed by atoms with Gasteiger partial charge in [0.2, 0.25) is 5.91 Å². The third-order valence-corrected chi connectivity index (χ3v) is 8.19. The Labute approximate surface area is 200 Å². The molecule has 2 saturated heterocycles. The van der Waals surface area contributed by atoms with E-state index in [2.05, 4.69) is 4.90 Å². The highest BCUT2D eigenvalue weighted by Crippen LogP contribution is 2.39. The molecule has 0 spiro atoms. The second kappa shape index (κ2) is 8.80. The zero-order valence-corrected chi connectivity index (χ0v) is 20.2. The Morgan fingerprint density at radius 2 is 1.82 bits per heavy atom. The molecule has 2 aliphatic heterocycles. The molecule has 5 rings (SSSR count). The van der Waals surface area contributed by atoms with Crippen LogP contribution in [0.4, 0.5) is 0 Å². The maximum Gasteiger partial charge on any atom is 0.257 e. The normalized spacial score (nSPS) is 23.4. The number of hydrogen-bond donors (Lipinski definition) is 1. The molecule has 3 atom stereocenters. The molecule has 2 amide bonds. The first-order valence-electron chi connectivity index (χ1n) is 12.0. The zero-order valence-electron chi connectivity index (χ0n) is 19.4. The van der Waals surface area contributed by atoms with Gasteiger partial charge in [0.15, 0.2) is 0 Å². The third kappa shape index (κ3) is 4.19. The number of hydrogen-bond acceptors (Lipinski definition) is 4. The second-order valence-electron chi connectivity index (χ2n) is 10.0. The molecule has 1 aromatic carbocycles. The van der Waals surface area contributed by atoms with Crippen molar-refractivity contribution in [1.82, 2.24) is 9.80 Å². The predicted molar refractivity (Wildman–Crippen MR) is 127 cm³/mol. The summed E-state index contributed by atoms with van der Waals surface area (Å²) >= 11 is 6.38. The van der Waals surface area contributed by atoms with Crippen LogP contribution in [-0.4, -0.2) is 47.8 Å². The monoisotopic (exact) mass is 469 g/mol. The fourth-order valence-corrected chi connectivity index (χ4v) is 6.24. The van der Waals surface area contributed by atoms with E-state index in [9.17, 15) is 9.59 Å². The predicted octanol–water partition coefficient (Wildman–Crippen LogP) is 4.05. The Bertz CT molecular complexity index is 1080. The minimum absolute atomic E-state index is 0.0847. The SMILES string of the molecule is Cc1ccc(C(CC(N)=O)N2CC3CN(C(=O)c4c(C)oc5c4CCCC5)CC3C2)cc1Cl. The molecule has 176 valence electrons. The molecule has 0 radical (unpaired) electrons. The quantitative estimate of drug-likeness (QED) is 0.716. The van der Waals surface area contributed by atoms with E-state index in [4.69, 9.17) is 21.8 Å². The van der Waals surface area contributed by atoms with E-state index in [1.807, 2.05) is 36.9 Å². The lowest BCUT2D eigenvalue weighted by Crippen LogP contribution is -2.36. The standard InChI is InChI=1S/C26H32ClN3O3/c1-15-7-8-17(9-21(15)27)22(10-24(28)31)29-11-18-13-30(14-19(18)12-29)26(32)25-16(2)33-23-6-4-3-5-20(23)25/h7-9,18-19,22H,3-6,10-14H2,1-2H3,(H2,28,31). The van der Waals surface area contributed by atoms with Gasteiger partial charge < -0.3 is 15.1 Å². The van der Waals surface area contributed by atoms with Gasteiger partial charge in [0.25, 0.3) is 5.91 Å². The molecule has 33 heavy (non-hydrogen) atoms. The van der Waals surface area contributed by atoms with Crippen molar-refractivity contribution in [3.8, 4) is 0 Å². The lowest BCUT2D eigenvalue weighted by molar-refractivity contribution is -0.119. The van der Waals surface area contributed by atoms with E-state index in [1.165, 1.54) is 0 Å². The average Bonchev–Trinajstić information content (AvgIpc) is 3.44. The van der Waals surface area contributed by atoms with Gasteiger partial charge in [-0.15, -0.1) is 0 Å². The van der Waals surface area contributed by atoms with E-state index in [0.717, 1.165) is 85.6 Å². The summed E-state index contributed by atoms with van der Waals surface area (Å²) in [5.41, 5.74) is 9.60. The molecule has 7 heteroatoms. The summed E-state index contributed by atoms with van der Waals surface area (Å²) in [7, 11) is 0. The molecule has 2 fully saturated rings. The lowest BCUT2D eigenvalue weighted by atomic mass is 9.94. The van der Waals surface area contributed by atoms with E-state index >= 15 is 0 Å². The van der Waals surface area contributed by atoms with Crippen molar-refractivity contribution < 1.29 is 14.0 Å². The van der Waals surface area contributed by atoms with Crippen molar-refractivity contribution in [1.29, 1.82) is 0 Å². The summed E-state index contributed by atoms with van der Waals surface area (Å²) in [5, 5.41) is 0.706. The summed E-state index contributed by atoms with van der Waals surface area (Å²) in [4.78, 5) is 29.7. The van der Waals surface area contributed by atoms with Crippen LogP contribution >= 0.6 is 11.6 Å². The van der Waals surface area contributed by atoms with Crippen molar-refractivity contribution in [2.45, 2.75) is 52.0 Å². The van der Waals surface area contributed by atoms with Gasteiger partial charge in [0.1, 0.15) is 11.5 Å². The summed E-state index contributed by atoms with van der Waals surface area (Å²) in [6, 6.07) is 5.91. The van der Waals surface area contributed by atoms with Crippen molar-refractivity contribution in [2.75, 3.05) is 26.2 Å². The van der Waals surface area contributed by atoms with Crippen LogP contribution in [0.5, 0.6) is 0 Å². The average molecular weight is 470 g/mol. The summed E-state index contributed by atoms with van der Waals surface area (Å²) in [6.45, 7) is 7.08. The number of carbonyl (C=O) groups excluding carboxylic acids is 2. The molecule has 3 unspecified atom stereocenters.